The van der Waals surface area contributed by atoms with E-state index in [0.717, 1.165) is 51.4 Å². The minimum atomic E-state index is -0.532. The molecule has 6 aromatic carbocycles. The zero-order valence-corrected chi connectivity index (χ0v) is 43.6. The van der Waals surface area contributed by atoms with Crippen LogP contribution in [0.5, 0.6) is 0 Å². The summed E-state index contributed by atoms with van der Waals surface area (Å²) in [5.74, 6) is 0. The molecule has 0 radical (unpaired) electrons. The van der Waals surface area contributed by atoms with Gasteiger partial charge in [-0.1, -0.05) is 102 Å². The van der Waals surface area contributed by atoms with Crippen LogP contribution in [0.25, 0.3) is 64.6 Å². The normalized spacial score (nSPS) is 11.9. The molecule has 0 unspecified atom stereocenters. The monoisotopic (exact) mass is 1020 g/mol. The van der Waals surface area contributed by atoms with Crippen molar-refractivity contribution >= 4 is 87.4 Å². The van der Waals surface area contributed by atoms with Crippen LogP contribution < -0.4 is 65.2 Å². The van der Waals surface area contributed by atoms with Crippen LogP contribution in [0.4, 0.5) is 22.7 Å². The Morgan fingerprint density at radius 2 is 0.573 bits per heavy atom. The number of fused-ring (bicyclic) bond motifs is 6. The Morgan fingerprint density at radius 3 is 0.813 bits per heavy atom. The molecule has 75 heavy (non-hydrogen) atoms. The van der Waals surface area contributed by atoms with Crippen molar-refractivity contribution < 1.29 is 14.2 Å². The number of aromatic nitrogens is 2. The quantitative estimate of drug-likeness (QED) is 0.0198. The van der Waals surface area contributed by atoms with Gasteiger partial charge in [0.05, 0.1) is 92.3 Å². The van der Waals surface area contributed by atoms with Gasteiger partial charge in [-0.15, -0.1) is 0 Å². The van der Waals surface area contributed by atoms with Crippen molar-refractivity contribution in [3.05, 3.63) is 131 Å². The van der Waals surface area contributed by atoms with E-state index in [9.17, 15) is 38.4 Å². The molecule has 2 aromatic heterocycles. The van der Waals surface area contributed by atoms with Crippen molar-refractivity contribution in [1.29, 1.82) is 0 Å². The van der Waals surface area contributed by atoms with Crippen molar-refractivity contribution in [2.24, 2.45) is 0 Å². The molecule has 17 nitrogen and oxygen atoms in total. The Kier molecular flexibility index (Phi) is 18.0. The minimum absolute atomic E-state index is 0.0571. The number of unbranched alkanes of at least 4 members (excludes halogenated alkanes) is 4. The molecule has 0 spiro atoms. The molecule has 396 valence electrons. The zero-order valence-electron chi connectivity index (χ0n) is 43.6. The third-order valence-electron chi connectivity index (χ3n) is 14.0. The van der Waals surface area contributed by atoms with Crippen LogP contribution in [0, 0.1) is 0 Å². The molecular weight excluding hydrogens is 957 g/mol. The topological polar surface area (TPSA) is 222 Å². The lowest BCUT2D eigenvalue weighted by atomic mass is 9.96. The van der Waals surface area contributed by atoms with Crippen molar-refractivity contribution in [2.75, 3.05) is 87.1 Å². The molecule has 17 heteroatoms. The maximum Gasteiger partial charge on any atom is 0.263 e. The largest absolute Gasteiger partial charge is 0.384 e. The first-order chi connectivity index (χ1) is 36.5. The molecule has 0 atom stereocenters. The molecule has 4 N–H and O–H groups in total. The van der Waals surface area contributed by atoms with E-state index in [2.05, 4.69) is 21.3 Å². The summed E-state index contributed by atoms with van der Waals surface area (Å²) >= 11 is 0. The lowest BCUT2D eigenvalue weighted by Crippen LogP contribution is -2.26. The fourth-order valence-electron chi connectivity index (χ4n) is 10.2. The van der Waals surface area contributed by atoms with Gasteiger partial charge in [0.1, 0.15) is 0 Å². The minimum Gasteiger partial charge on any atom is -0.384 e. The highest BCUT2D eigenvalue weighted by Crippen LogP contribution is 2.37. The Hall–Kier alpha value is -7.08. The lowest BCUT2D eigenvalue weighted by Gasteiger charge is -2.16. The summed E-state index contributed by atoms with van der Waals surface area (Å²) in [5, 5.41) is 15.1. The van der Waals surface area contributed by atoms with Gasteiger partial charge >= 0.3 is 0 Å². The van der Waals surface area contributed by atoms with E-state index in [-0.39, 0.29) is 162 Å². The Labute approximate surface area is 432 Å². The number of hydrogen-bond donors (Lipinski definition) is 4. The lowest BCUT2D eigenvalue weighted by molar-refractivity contribution is 0.0128. The summed E-state index contributed by atoms with van der Waals surface area (Å²) in [5.41, 5.74) is -2.73. The maximum atomic E-state index is 14.3. The molecule has 0 fully saturated rings. The van der Waals surface area contributed by atoms with Gasteiger partial charge in [0, 0.05) is 74.0 Å². The van der Waals surface area contributed by atoms with Gasteiger partial charge in [-0.25, -0.2) is 0 Å². The maximum absolute atomic E-state index is 14.3. The van der Waals surface area contributed by atoms with Crippen LogP contribution in [-0.4, -0.2) is 75.0 Å². The summed E-state index contributed by atoms with van der Waals surface area (Å²) in [6, 6.07) is 13.3. The highest BCUT2D eigenvalue weighted by Gasteiger charge is 2.29. The number of nitrogens with zero attached hydrogens (tertiary/aromatic N) is 2. The third kappa shape index (κ3) is 10.6. The second-order valence-corrected chi connectivity index (χ2v) is 19.1. The van der Waals surface area contributed by atoms with Crippen LogP contribution in [0.3, 0.4) is 0 Å². The summed E-state index contributed by atoms with van der Waals surface area (Å²) in [6.07, 6.45) is 7.03. The summed E-state index contributed by atoms with van der Waals surface area (Å²) in [6.45, 7) is 11.4. The second-order valence-electron chi connectivity index (χ2n) is 19.1. The molecule has 0 saturated carbocycles. The first-order valence-corrected chi connectivity index (χ1v) is 26.8. The van der Waals surface area contributed by atoms with Crippen molar-refractivity contribution in [3.8, 4) is 0 Å². The number of rotatable bonds is 30. The molecular formula is C58H68N6O11. The van der Waals surface area contributed by atoms with Gasteiger partial charge in [0.15, 0.2) is 21.7 Å². The number of hydrogen-bond acceptors (Lipinski definition) is 15. The Balaban J connectivity index is 0.889. The summed E-state index contributed by atoms with van der Waals surface area (Å²) in [7, 11) is 0. The fraction of sp³-hybridized carbons (Fsp3) is 0.448. The summed E-state index contributed by atoms with van der Waals surface area (Å²) < 4.78 is 19.7. The third-order valence-corrected chi connectivity index (χ3v) is 14.0. The van der Waals surface area contributed by atoms with Gasteiger partial charge in [-0.3, -0.25) is 47.5 Å². The van der Waals surface area contributed by atoms with Gasteiger partial charge < -0.3 is 35.5 Å². The van der Waals surface area contributed by atoms with E-state index >= 15 is 0 Å². The number of ether oxygens (including phenoxy) is 3. The van der Waals surface area contributed by atoms with Crippen LogP contribution in [0.2, 0.25) is 0 Å². The van der Waals surface area contributed by atoms with E-state index in [1.54, 1.807) is 48.5 Å². The van der Waals surface area contributed by atoms with Crippen LogP contribution in [0.1, 0.15) is 91.9 Å². The van der Waals surface area contributed by atoms with Crippen molar-refractivity contribution in [1.82, 2.24) is 9.13 Å². The first kappa shape index (κ1) is 54.2. The SMILES string of the molecule is CCCCNc1c2c(=O)c3ccccc3c(=O)c2c(NCCCC)c2c(=O)n(CCCOCCOCCOCCCn3c(=O)c4c(NCCCC)c5c(=O)c6ccccc6c(=O)c5c(NCCCC)c4c3=O)c(=O)c12. The van der Waals surface area contributed by atoms with Gasteiger partial charge in [0.25, 0.3) is 22.2 Å². The van der Waals surface area contributed by atoms with E-state index < -0.39 is 22.2 Å². The van der Waals surface area contributed by atoms with Crippen molar-refractivity contribution in [2.45, 2.75) is 105 Å². The standard InChI is InChI=1S/C58H68N6O11/c1-5-9-23-59-47-39-40(52(66)36-20-14-13-19-35(36)51(39)65)48(60-24-10-6-2)44-43(47)55(69)63(56(44)70)27-17-29-73-31-33-75-34-32-74-30-18-28-64-57(71)45-46(58(64)72)50(62-26-12-8-4)42-41(49(45)61-25-11-7-3)53(67)37-21-15-16-22-38(37)54(42)68/h13-16,19-22,59-62H,5-12,17-18,23-34H2,1-4H3. The highest BCUT2D eigenvalue weighted by atomic mass is 16.5. The molecule has 0 aliphatic carbocycles. The number of benzene rings is 6. The van der Waals surface area contributed by atoms with Crippen LogP contribution >= 0.6 is 0 Å². The van der Waals surface area contributed by atoms with Gasteiger partial charge in [0.2, 0.25) is 0 Å². The van der Waals surface area contributed by atoms with Gasteiger partial charge in [-0.2, -0.15) is 0 Å². The van der Waals surface area contributed by atoms with E-state index in [4.69, 9.17) is 14.2 Å². The molecule has 0 saturated heterocycles. The summed E-state index contributed by atoms with van der Waals surface area (Å²) in [4.78, 5) is 114. The first-order valence-electron chi connectivity index (χ1n) is 26.8. The van der Waals surface area contributed by atoms with E-state index in [0.29, 0.717) is 39.0 Å². The predicted octanol–water partition coefficient (Wildman–Crippen LogP) is 7.22. The molecule has 0 bridgehead atoms. The Bertz CT molecular complexity index is 3330. The van der Waals surface area contributed by atoms with Crippen LogP contribution in [0.15, 0.2) is 86.9 Å². The molecule has 8 rings (SSSR count). The van der Waals surface area contributed by atoms with Gasteiger partial charge in [-0.05, 0) is 38.5 Å². The molecule has 0 aliphatic rings. The number of nitrogens with one attached hydrogen (secondary N) is 4. The van der Waals surface area contributed by atoms with Crippen LogP contribution in [-0.2, 0) is 27.3 Å². The molecule has 2 heterocycles. The predicted molar refractivity (Wildman–Crippen MR) is 304 cm³/mol. The smallest absolute Gasteiger partial charge is 0.263 e. The number of anilines is 4. The second kappa shape index (κ2) is 25.0. The molecule has 0 amide bonds. The zero-order chi connectivity index (χ0) is 53.2. The highest BCUT2D eigenvalue weighted by molar-refractivity contribution is 6.23. The fourth-order valence-corrected chi connectivity index (χ4v) is 10.2. The molecule has 0 aliphatic heterocycles. The average Bonchev–Trinajstić information content (AvgIpc) is 3.83. The Morgan fingerprint density at radius 1 is 0.333 bits per heavy atom. The molecule has 8 aromatic rings. The average molecular weight is 1030 g/mol. The van der Waals surface area contributed by atoms with Crippen molar-refractivity contribution in [3.63, 3.8) is 0 Å². The van der Waals surface area contributed by atoms with E-state index in [1.807, 2.05) is 27.7 Å². The van der Waals surface area contributed by atoms with E-state index in [1.165, 1.54) is 9.13 Å².